The topological polar surface area (TPSA) is 100 Å². The van der Waals surface area contributed by atoms with Gasteiger partial charge in [-0.15, -0.1) is 0 Å². The van der Waals surface area contributed by atoms with Gasteiger partial charge in [0, 0.05) is 37.8 Å². The van der Waals surface area contributed by atoms with Crippen LogP contribution in [0.3, 0.4) is 0 Å². The van der Waals surface area contributed by atoms with Gasteiger partial charge >= 0.3 is 0 Å². The Morgan fingerprint density at radius 3 is 2.68 bits per heavy atom. The van der Waals surface area contributed by atoms with Crippen molar-refractivity contribution in [3.63, 3.8) is 0 Å². The molecule has 4 heterocycles. The van der Waals surface area contributed by atoms with E-state index in [1.165, 1.54) is 42.7 Å². The maximum Gasteiger partial charge on any atom is 0.257 e. The fourth-order valence-corrected chi connectivity index (χ4v) is 3.72. The number of rotatable bonds is 6. The lowest BCUT2D eigenvalue weighted by Gasteiger charge is -2.40. The van der Waals surface area contributed by atoms with Gasteiger partial charge in [-0.25, -0.2) is 23.1 Å². The molecule has 178 valence electrons. The average Bonchev–Trinajstić information content (AvgIpc) is 2.82. The number of likely N-dealkylation sites (tertiary alicyclic amines) is 1. The zero-order valence-corrected chi connectivity index (χ0v) is 18.2. The quantitative estimate of drug-likeness (QED) is 0.568. The molecule has 4 rings (SSSR count). The van der Waals surface area contributed by atoms with Gasteiger partial charge in [0.25, 0.3) is 5.92 Å². The maximum absolute atomic E-state index is 14.6. The number of aromatic nitrogens is 3. The van der Waals surface area contributed by atoms with Crippen molar-refractivity contribution < 1.29 is 22.7 Å². The average molecular weight is 473 g/mol. The first-order chi connectivity index (χ1) is 16.2. The van der Waals surface area contributed by atoms with Crippen molar-refractivity contribution in [2.24, 2.45) is 0 Å². The van der Waals surface area contributed by atoms with Crippen LogP contribution in [0.15, 0.2) is 59.8 Å². The summed E-state index contributed by atoms with van der Waals surface area (Å²) in [5.41, 5.74) is -0.0554. The van der Waals surface area contributed by atoms with E-state index >= 15 is 0 Å². The summed E-state index contributed by atoms with van der Waals surface area (Å²) >= 11 is 0. The van der Waals surface area contributed by atoms with E-state index in [0.717, 1.165) is 6.20 Å². The van der Waals surface area contributed by atoms with Crippen molar-refractivity contribution in [2.75, 3.05) is 18.4 Å². The number of piperidine rings is 1. The van der Waals surface area contributed by atoms with Gasteiger partial charge < -0.3 is 15.0 Å². The van der Waals surface area contributed by atoms with Crippen LogP contribution < -0.4 is 15.6 Å². The molecule has 2 unspecified atom stereocenters. The molecule has 0 spiro atoms. The largest absolute Gasteiger partial charge is 0.437 e. The van der Waals surface area contributed by atoms with E-state index < -0.39 is 36.0 Å². The minimum absolute atomic E-state index is 0.0431. The number of hydrogen-bond acceptors (Lipinski definition) is 6. The van der Waals surface area contributed by atoms with E-state index in [1.54, 1.807) is 17.9 Å². The monoisotopic (exact) mass is 473 g/mol. The van der Waals surface area contributed by atoms with Crippen molar-refractivity contribution in [1.29, 1.82) is 0 Å². The summed E-state index contributed by atoms with van der Waals surface area (Å²) in [6, 6.07) is 7.58. The van der Waals surface area contributed by atoms with Crippen molar-refractivity contribution in [2.45, 2.75) is 31.2 Å². The van der Waals surface area contributed by atoms with Crippen LogP contribution in [0.4, 0.5) is 19.0 Å². The summed E-state index contributed by atoms with van der Waals surface area (Å²) in [5.74, 6) is -4.20. The predicted octanol–water partition coefficient (Wildman–Crippen LogP) is 3.55. The lowest BCUT2D eigenvalue weighted by Crippen LogP contribution is -2.52. The second kappa shape index (κ2) is 9.64. The first-order valence-corrected chi connectivity index (χ1v) is 10.6. The third-order valence-corrected chi connectivity index (χ3v) is 5.71. The highest BCUT2D eigenvalue weighted by atomic mass is 19.3. The summed E-state index contributed by atoms with van der Waals surface area (Å²) in [5, 5.41) is 2.67. The molecule has 8 nitrogen and oxygen atoms in total. The summed E-state index contributed by atoms with van der Waals surface area (Å²) in [6.45, 7) is 1.64. The molecule has 0 bridgehead atoms. The molecule has 2 N–H and O–H groups in total. The predicted molar refractivity (Wildman–Crippen MR) is 118 cm³/mol. The molecular weight excluding hydrogens is 451 g/mol. The van der Waals surface area contributed by atoms with E-state index in [1.807, 2.05) is 0 Å². The number of pyridine rings is 3. The van der Waals surface area contributed by atoms with E-state index in [2.05, 4.69) is 20.3 Å². The molecule has 1 aliphatic rings. The van der Waals surface area contributed by atoms with Crippen molar-refractivity contribution in [3.05, 3.63) is 76.7 Å². The number of halogens is 3. The lowest BCUT2D eigenvalue weighted by molar-refractivity contribution is -0.125. The Kier molecular flexibility index (Phi) is 6.64. The summed E-state index contributed by atoms with van der Waals surface area (Å²) in [6.07, 6.45) is 3.29. The van der Waals surface area contributed by atoms with Gasteiger partial charge in [-0.2, -0.15) is 0 Å². The first-order valence-electron chi connectivity index (χ1n) is 10.6. The van der Waals surface area contributed by atoms with Gasteiger partial charge in [0.05, 0.1) is 24.4 Å². The maximum atomic E-state index is 14.6. The smallest absolute Gasteiger partial charge is 0.257 e. The molecule has 3 aromatic rings. The molecule has 0 saturated carbocycles. The zero-order chi connectivity index (χ0) is 24.3. The number of carbonyl (C=O) groups is 1. The number of nitrogens with one attached hydrogen (secondary N) is 2. The van der Waals surface area contributed by atoms with Gasteiger partial charge in [-0.05, 0) is 30.7 Å². The number of amides is 1. The first kappa shape index (κ1) is 23.4. The Bertz CT molecular complexity index is 1180. The fraction of sp³-hybridized carbons (Fsp3) is 0.304. The SMILES string of the molecule is CC(C(=O)Nc1ccc(Oc2ccc(F)cn2)cn1)N1CCC(F)(F)C(c2ccc(=O)[nH]c2)C1. The molecule has 34 heavy (non-hydrogen) atoms. The Morgan fingerprint density at radius 2 is 2.03 bits per heavy atom. The van der Waals surface area contributed by atoms with Crippen LogP contribution in [-0.4, -0.2) is 50.8 Å². The van der Waals surface area contributed by atoms with Crippen molar-refractivity contribution in [3.8, 4) is 11.6 Å². The molecule has 1 amide bonds. The minimum atomic E-state index is -2.96. The Hall–Kier alpha value is -3.73. The highest BCUT2D eigenvalue weighted by Gasteiger charge is 2.46. The van der Waals surface area contributed by atoms with E-state index in [9.17, 15) is 22.8 Å². The van der Waals surface area contributed by atoms with Crippen molar-refractivity contribution in [1.82, 2.24) is 19.9 Å². The summed E-state index contributed by atoms with van der Waals surface area (Å²) < 4.78 is 47.6. The second-order valence-corrected chi connectivity index (χ2v) is 8.01. The summed E-state index contributed by atoms with van der Waals surface area (Å²) in [4.78, 5) is 36.1. The number of hydrogen-bond donors (Lipinski definition) is 2. The van der Waals surface area contributed by atoms with Crippen LogP contribution in [0.2, 0.25) is 0 Å². The highest BCUT2D eigenvalue weighted by Crippen LogP contribution is 2.40. The number of alkyl halides is 2. The molecule has 3 aromatic heterocycles. The third kappa shape index (κ3) is 5.42. The van der Waals surface area contributed by atoms with Crippen LogP contribution in [0.1, 0.15) is 24.8 Å². The molecule has 1 fully saturated rings. The number of carbonyl (C=O) groups excluding carboxylic acids is 1. The minimum Gasteiger partial charge on any atom is -0.437 e. The number of ether oxygens (including phenoxy) is 1. The lowest BCUT2D eigenvalue weighted by atomic mass is 9.87. The highest BCUT2D eigenvalue weighted by molar-refractivity contribution is 5.93. The van der Waals surface area contributed by atoms with Gasteiger partial charge in [-0.1, -0.05) is 6.07 Å². The molecule has 1 aliphatic heterocycles. The molecule has 0 aliphatic carbocycles. The molecule has 11 heteroatoms. The standard InChI is InChI=1S/C23H22F3N5O3/c1-14(31-9-8-23(25,26)18(13-31)15-2-6-20(32)28-10-15)22(33)30-19-5-4-17(12-27-19)34-21-7-3-16(24)11-29-21/h2-7,10-12,14,18H,8-9,13H2,1H3,(H,28,32)(H,27,30,33). The van der Waals surface area contributed by atoms with Crippen LogP contribution in [0, 0.1) is 5.82 Å². The van der Waals surface area contributed by atoms with E-state index in [-0.39, 0.29) is 30.3 Å². The zero-order valence-electron chi connectivity index (χ0n) is 18.2. The van der Waals surface area contributed by atoms with Gasteiger partial charge in [0.15, 0.2) is 0 Å². The normalized spacial score (nSPS) is 18.8. The number of nitrogens with zero attached hydrogens (tertiary/aromatic N) is 3. The van der Waals surface area contributed by atoms with E-state index in [0.29, 0.717) is 11.3 Å². The second-order valence-electron chi connectivity index (χ2n) is 8.01. The van der Waals surface area contributed by atoms with Crippen LogP contribution >= 0.6 is 0 Å². The van der Waals surface area contributed by atoms with Crippen LogP contribution in [0.25, 0.3) is 0 Å². The Morgan fingerprint density at radius 1 is 1.21 bits per heavy atom. The Balaban J connectivity index is 1.38. The van der Waals surface area contributed by atoms with Crippen LogP contribution in [0.5, 0.6) is 11.6 Å². The Labute approximate surface area is 192 Å². The molecule has 2 atom stereocenters. The number of aromatic amines is 1. The molecular formula is C23H22F3N5O3. The fourth-order valence-electron chi connectivity index (χ4n) is 3.72. The van der Waals surface area contributed by atoms with E-state index in [4.69, 9.17) is 4.74 Å². The number of H-pyrrole nitrogens is 1. The van der Waals surface area contributed by atoms with Gasteiger partial charge in [-0.3, -0.25) is 14.5 Å². The van der Waals surface area contributed by atoms with Gasteiger partial charge in [0.2, 0.25) is 17.3 Å². The third-order valence-electron chi connectivity index (χ3n) is 5.71. The number of anilines is 1. The molecule has 1 saturated heterocycles. The molecule has 0 aromatic carbocycles. The van der Waals surface area contributed by atoms with Crippen molar-refractivity contribution >= 4 is 11.7 Å². The van der Waals surface area contributed by atoms with Gasteiger partial charge in [0.1, 0.15) is 17.4 Å². The van der Waals surface area contributed by atoms with Crippen LogP contribution in [-0.2, 0) is 4.79 Å². The summed E-state index contributed by atoms with van der Waals surface area (Å²) in [7, 11) is 0. The molecule has 0 radical (unpaired) electrons.